The number of hydrogen-bond donors (Lipinski definition) is 0. The van der Waals surface area contributed by atoms with E-state index in [0.29, 0.717) is 44.0 Å². The van der Waals surface area contributed by atoms with Gasteiger partial charge in [-0.05, 0) is 60.7 Å². The average molecular weight is 410 g/mol. The first-order chi connectivity index (χ1) is 14.5. The van der Waals surface area contributed by atoms with Gasteiger partial charge in [-0.25, -0.2) is 4.39 Å². The summed E-state index contributed by atoms with van der Waals surface area (Å²) in [6, 6.07) is 9.61. The lowest BCUT2D eigenvalue weighted by molar-refractivity contribution is -0.0936. The molecule has 0 aromatic heterocycles. The summed E-state index contributed by atoms with van der Waals surface area (Å²) in [4.78, 5) is 14.6. The van der Waals surface area contributed by atoms with Crippen LogP contribution in [0.4, 0.5) is 4.39 Å². The molecule has 2 aromatic rings. The Labute approximate surface area is 174 Å². The van der Waals surface area contributed by atoms with E-state index in [9.17, 15) is 9.18 Å². The summed E-state index contributed by atoms with van der Waals surface area (Å²) in [6.07, 6.45) is 2.05. The molecular formula is C23H23FN2O4. The maximum atomic E-state index is 13.8. The normalized spacial score (nSPS) is 17.2. The molecule has 1 spiro atoms. The van der Waals surface area contributed by atoms with Gasteiger partial charge in [0.1, 0.15) is 5.82 Å². The fourth-order valence-corrected chi connectivity index (χ4v) is 4.43. The van der Waals surface area contributed by atoms with E-state index in [2.05, 4.69) is 0 Å². The molecule has 0 saturated carbocycles. The van der Waals surface area contributed by atoms with Crippen molar-refractivity contribution in [3.63, 3.8) is 0 Å². The van der Waals surface area contributed by atoms with Crippen LogP contribution in [0.3, 0.4) is 0 Å². The van der Waals surface area contributed by atoms with Gasteiger partial charge in [0.05, 0.1) is 38.1 Å². The quantitative estimate of drug-likeness (QED) is 0.775. The molecule has 2 heterocycles. The number of fused-ring (bicyclic) bond motifs is 2. The van der Waals surface area contributed by atoms with E-state index >= 15 is 0 Å². The van der Waals surface area contributed by atoms with E-state index in [0.717, 1.165) is 18.1 Å². The summed E-state index contributed by atoms with van der Waals surface area (Å²) < 4.78 is 30.9. The van der Waals surface area contributed by atoms with Crippen molar-refractivity contribution in [1.29, 1.82) is 5.26 Å². The number of nitriles is 1. The highest BCUT2D eigenvalue weighted by Crippen LogP contribution is 2.45. The molecule has 0 radical (unpaired) electrons. The molecule has 6 nitrogen and oxygen atoms in total. The first-order valence-corrected chi connectivity index (χ1v) is 9.89. The minimum atomic E-state index is -0.587. The predicted octanol–water partition coefficient (Wildman–Crippen LogP) is 3.42. The number of rotatable bonds is 3. The lowest BCUT2D eigenvalue weighted by Gasteiger charge is -2.45. The summed E-state index contributed by atoms with van der Waals surface area (Å²) >= 11 is 0. The van der Waals surface area contributed by atoms with Crippen LogP contribution in [0.15, 0.2) is 30.3 Å². The van der Waals surface area contributed by atoms with Gasteiger partial charge < -0.3 is 19.1 Å². The number of ether oxygens (including phenoxy) is 3. The molecule has 0 N–H and O–H groups in total. The summed E-state index contributed by atoms with van der Waals surface area (Å²) in [6.45, 7) is 1.56. The van der Waals surface area contributed by atoms with Crippen molar-refractivity contribution in [3.05, 3.63) is 58.4 Å². The van der Waals surface area contributed by atoms with Gasteiger partial charge in [0.2, 0.25) is 0 Å². The molecule has 0 aliphatic carbocycles. The molecule has 2 aliphatic heterocycles. The van der Waals surface area contributed by atoms with Crippen molar-refractivity contribution >= 4 is 5.91 Å². The lowest BCUT2D eigenvalue weighted by atomic mass is 9.79. The molecule has 7 heteroatoms. The van der Waals surface area contributed by atoms with Gasteiger partial charge in [0.15, 0.2) is 11.5 Å². The number of benzene rings is 2. The lowest BCUT2D eigenvalue weighted by Crippen LogP contribution is -2.48. The minimum absolute atomic E-state index is 0.136. The third kappa shape index (κ3) is 3.48. The van der Waals surface area contributed by atoms with Crippen molar-refractivity contribution in [2.24, 2.45) is 0 Å². The Bertz CT molecular complexity index is 1020. The fourth-order valence-electron chi connectivity index (χ4n) is 4.43. The van der Waals surface area contributed by atoms with Crippen LogP contribution in [-0.2, 0) is 16.8 Å². The molecule has 1 fully saturated rings. The molecule has 4 rings (SSSR count). The highest BCUT2D eigenvalue weighted by atomic mass is 19.1. The highest BCUT2D eigenvalue weighted by Gasteiger charge is 2.42. The Hall–Kier alpha value is -3.11. The van der Waals surface area contributed by atoms with Crippen LogP contribution in [0, 0.1) is 17.1 Å². The van der Waals surface area contributed by atoms with E-state index < -0.39 is 11.4 Å². The standard InChI is InChI=1S/C23H23FN2O4/c1-28-20-12-16-3-8-30-23(19(16)13-21(20)29-2)4-6-26(7-5-23)22(27)17-9-15(14-25)10-18(24)11-17/h9-13H,3-8H2,1-2H3. The number of carbonyl (C=O) groups excluding carboxylic acids is 1. The fraction of sp³-hybridized carbons (Fsp3) is 0.391. The second-order valence-corrected chi connectivity index (χ2v) is 7.59. The van der Waals surface area contributed by atoms with Gasteiger partial charge in [0.25, 0.3) is 5.91 Å². The number of amides is 1. The smallest absolute Gasteiger partial charge is 0.254 e. The number of hydrogen-bond acceptors (Lipinski definition) is 5. The Morgan fingerprint density at radius 3 is 2.50 bits per heavy atom. The number of nitrogens with zero attached hydrogens (tertiary/aromatic N) is 2. The molecule has 30 heavy (non-hydrogen) atoms. The van der Waals surface area contributed by atoms with Gasteiger partial charge in [-0.1, -0.05) is 0 Å². The van der Waals surface area contributed by atoms with E-state index in [-0.39, 0.29) is 17.0 Å². The van der Waals surface area contributed by atoms with Crippen LogP contribution >= 0.6 is 0 Å². The van der Waals surface area contributed by atoms with Crippen LogP contribution in [0.2, 0.25) is 0 Å². The van der Waals surface area contributed by atoms with Crippen LogP contribution in [0.1, 0.15) is 39.9 Å². The molecule has 1 saturated heterocycles. The molecule has 156 valence electrons. The summed E-state index contributed by atoms with van der Waals surface area (Å²) in [7, 11) is 3.23. The second-order valence-electron chi connectivity index (χ2n) is 7.59. The Balaban J connectivity index is 1.57. The molecule has 0 unspecified atom stereocenters. The van der Waals surface area contributed by atoms with Crippen molar-refractivity contribution in [1.82, 2.24) is 4.90 Å². The Kier molecular flexibility index (Phi) is 5.35. The zero-order valence-electron chi connectivity index (χ0n) is 17.0. The van der Waals surface area contributed by atoms with Gasteiger partial charge in [-0.15, -0.1) is 0 Å². The Morgan fingerprint density at radius 2 is 1.83 bits per heavy atom. The average Bonchev–Trinajstić information content (AvgIpc) is 2.78. The van der Waals surface area contributed by atoms with Gasteiger partial charge in [-0.2, -0.15) is 5.26 Å². The third-order valence-corrected chi connectivity index (χ3v) is 5.98. The van der Waals surface area contributed by atoms with Gasteiger partial charge >= 0.3 is 0 Å². The van der Waals surface area contributed by atoms with E-state index in [4.69, 9.17) is 19.5 Å². The minimum Gasteiger partial charge on any atom is -0.493 e. The van der Waals surface area contributed by atoms with Crippen molar-refractivity contribution in [3.8, 4) is 17.6 Å². The van der Waals surface area contributed by atoms with Crippen molar-refractivity contribution in [2.45, 2.75) is 24.9 Å². The summed E-state index contributed by atoms with van der Waals surface area (Å²) in [5.74, 6) is 0.490. The maximum absolute atomic E-state index is 13.8. The number of carbonyl (C=O) groups is 1. The summed E-state index contributed by atoms with van der Waals surface area (Å²) in [5.41, 5.74) is 2.10. The largest absolute Gasteiger partial charge is 0.493 e. The van der Waals surface area contributed by atoms with E-state index in [1.165, 1.54) is 17.7 Å². The number of methoxy groups -OCH3 is 2. The number of halogens is 1. The van der Waals surface area contributed by atoms with Crippen LogP contribution in [0.25, 0.3) is 0 Å². The molecule has 2 aliphatic rings. The van der Waals surface area contributed by atoms with Crippen LogP contribution < -0.4 is 9.47 Å². The maximum Gasteiger partial charge on any atom is 0.254 e. The number of piperidine rings is 1. The second kappa shape index (κ2) is 7.96. The zero-order valence-corrected chi connectivity index (χ0v) is 17.0. The van der Waals surface area contributed by atoms with Crippen molar-refractivity contribution in [2.75, 3.05) is 33.9 Å². The van der Waals surface area contributed by atoms with Gasteiger partial charge in [0, 0.05) is 18.7 Å². The van der Waals surface area contributed by atoms with Crippen LogP contribution in [0.5, 0.6) is 11.5 Å². The first-order valence-electron chi connectivity index (χ1n) is 9.89. The van der Waals surface area contributed by atoms with Gasteiger partial charge in [-0.3, -0.25) is 4.79 Å². The monoisotopic (exact) mass is 410 g/mol. The SMILES string of the molecule is COc1cc2c(cc1OC)C1(CCN(C(=O)c3cc(F)cc(C#N)c3)CC1)OCC2. The molecular weight excluding hydrogens is 387 g/mol. The molecule has 0 bridgehead atoms. The highest BCUT2D eigenvalue weighted by molar-refractivity contribution is 5.94. The third-order valence-electron chi connectivity index (χ3n) is 5.98. The first kappa shape index (κ1) is 20.2. The molecule has 2 aromatic carbocycles. The summed E-state index contributed by atoms with van der Waals surface area (Å²) in [5, 5.41) is 9.04. The van der Waals surface area contributed by atoms with Crippen molar-refractivity contribution < 1.29 is 23.4 Å². The van der Waals surface area contributed by atoms with E-state index in [1.54, 1.807) is 19.1 Å². The topological polar surface area (TPSA) is 71.8 Å². The van der Waals surface area contributed by atoms with E-state index in [1.807, 2.05) is 18.2 Å². The predicted molar refractivity (Wildman–Crippen MR) is 107 cm³/mol. The number of likely N-dealkylation sites (tertiary alicyclic amines) is 1. The zero-order chi connectivity index (χ0) is 21.3. The Morgan fingerprint density at radius 1 is 1.13 bits per heavy atom. The molecule has 1 amide bonds. The van der Waals surface area contributed by atoms with Crippen LogP contribution in [-0.4, -0.2) is 44.7 Å². The molecule has 0 atom stereocenters.